The van der Waals surface area contributed by atoms with Gasteiger partial charge in [-0.15, -0.1) is 11.3 Å². The van der Waals surface area contributed by atoms with Gasteiger partial charge in [-0.3, -0.25) is 9.59 Å². The number of halogens is 1. The lowest BCUT2D eigenvalue weighted by Crippen LogP contribution is -2.42. The molecule has 1 unspecified atom stereocenters. The number of likely N-dealkylation sites (tertiary alicyclic amines) is 1. The van der Waals surface area contributed by atoms with Crippen LogP contribution < -0.4 is 0 Å². The number of piperidine rings is 1. The van der Waals surface area contributed by atoms with Crippen molar-refractivity contribution in [3.8, 4) is 10.6 Å². The molecular weight excluding hydrogens is 336 g/mol. The summed E-state index contributed by atoms with van der Waals surface area (Å²) in [5.41, 5.74) is 1.22. The molecule has 0 aliphatic carbocycles. The van der Waals surface area contributed by atoms with E-state index in [9.17, 15) is 9.59 Å². The molecule has 5 nitrogen and oxygen atoms in total. The largest absolute Gasteiger partial charge is 0.481 e. The topological polar surface area (TPSA) is 70.5 Å². The summed E-state index contributed by atoms with van der Waals surface area (Å²) in [7, 11) is 0. The molecule has 1 aliphatic rings. The van der Waals surface area contributed by atoms with Crippen molar-refractivity contribution >= 4 is 34.8 Å². The van der Waals surface area contributed by atoms with Crippen molar-refractivity contribution in [2.75, 3.05) is 13.1 Å². The Morgan fingerprint density at radius 3 is 2.96 bits per heavy atom. The van der Waals surface area contributed by atoms with Crippen LogP contribution in [-0.2, 0) is 4.79 Å². The van der Waals surface area contributed by atoms with E-state index in [1.165, 1.54) is 11.3 Å². The molecule has 2 aromatic rings. The molecule has 120 valence electrons. The van der Waals surface area contributed by atoms with Crippen LogP contribution in [0.1, 0.15) is 23.3 Å². The van der Waals surface area contributed by atoms with Gasteiger partial charge < -0.3 is 10.0 Å². The number of amides is 1. The van der Waals surface area contributed by atoms with Crippen molar-refractivity contribution in [2.45, 2.75) is 12.8 Å². The average molecular weight is 351 g/mol. The zero-order valence-corrected chi connectivity index (χ0v) is 13.8. The summed E-state index contributed by atoms with van der Waals surface area (Å²) in [5.74, 6) is -1.54. The maximum atomic E-state index is 12.5. The van der Waals surface area contributed by atoms with Crippen LogP contribution in [0.25, 0.3) is 10.6 Å². The summed E-state index contributed by atoms with van der Waals surface area (Å²) < 4.78 is 0. The monoisotopic (exact) mass is 350 g/mol. The Hall–Kier alpha value is -1.92. The molecule has 0 spiro atoms. The Morgan fingerprint density at radius 1 is 1.39 bits per heavy atom. The number of carbonyl (C=O) groups is 2. The van der Waals surface area contributed by atoms with Crippen LogP contribution >= 0.6 is 22.9 Å². The standard InChI is InChI=1S/C16H15ClN2O3S/c17-12-5-1-3-10(7-12)14-18-13(9-23-14)15(20)19-6-2-4-11(8-19)16(21)22/h1,3,5,7,9,11H,2,4,6,8H2,(H,21,22). The molecule has 3 rings (SSSR count). The van der Waals surface area contributed by atoms with Crippen LogP contribution in [0.5, 0.6) is 0 Å². The number of benzene rings is 1. The number of aromatic nitrogens is 1. The summed E-state index contributed by atoms with van der Waals surface area (Å²) in [5, 5.41) is 12.2. The van der Waals surface area contributed by atoms with E-state index in [2.05, 4.69) is 4.98 Å². The summed E-state index contributed by atoms with van der Waals surface area (Å²) in [4.78, 5) is 29.6. The number of nitrogens with zero attached hydrogens (tertiary/aromatic N) is 2. The molecule has 2 heterocycles. The maximum Gasteiger partial charge on any atom is 0.308 e. The normalized spacial score (nSPS) is 18.0. The summed E-state index contributed by atoms with van der Waals surface area (Å²) >= 11 is 7.35. The highest BCUT2D eigenvalue weighted by Crippen LogP contribution is 2.27. The van der Waals surface area contributed by atoms with Crippen LogP contribution in [-0.4, -0.2) is 40.0 Å². The van der Waals surface area contributed by atoms with Crippen molar-refractivity contribution in [3.05, 3.63) is 40.4 Å². The Morgan fingerprint density at radius 2 is 2.22 bits per heavy atom. The fourth-order valence-corrected chi connectivity index (χ4v) is 3.63. The lowest BCUT2D eigenvalue weighted by atomic mass is 9.98. The van der Waals surface area contributed by atoms with Crippen molar-refractivity contribution < 1.29 is 14.7 Å². The van der Waals surface area contributed by atoms with Gasteiger partial charge in [-0.25, -0.2) is 4.98 Å². The maximum absolute atomic E-state index is 12.5. The first-order chi connectivity index (χ1) is 11.0. The Kier molecular flexibility index (Phi) is 4.63. The minimum absolute atomic E-state index is 0.208. The molecule has 23 heavy (non-hydrogen) atoms. The molecule has 1 aliphatic heterocycles. The van der Waals surface area contributed by atoms with E-state index in [-0.39, 0.29) is 12.5 Å². The number of hydrogen-bond donors (Lipinski definition) is 1. The second-order valence-electron chi connectivity index (χ2n) is 5.48. The van der Waals surface area contributed by atoms with Crippen LogP contribution in [0.15, 0.2) is 29.6 Å². The van der Waals surface area contributed by atoms with Crippen LogP contribution in [0.3, 0.4) is 0 Å². The van der Waals surface area contributed by atoms with Crippen LogP contribution in [0, 0.1) is 5.92 Å². The number of carboxylic acids is 1. The van der Waals surface area contributed by atoms with Gasteiger partial charge in [0, 0.05) is 29.1 Å². The fourth-order valence-electron chi connectivity index (χ4n) is 2.65. The first kappa shape index (κ1) is 16.0. The number of thiazole rings is 1. The van der Waals surface area contributed by atoms with E-state index in [4.69, 9.17) is 16.7 Å². The van der Waals surface area contributed by atoms with Crippen molar-refractivity contribution in [2.24, 2.45) is 5.92 Å². The van der Waals surface area contributed by atoms with Crippen LogP contribution in [0.4, 0.5) is 0 Å². The van der Waals surface area contributed by atoms with Crippen LogP contribution in [0.2, 0.25) is 5.02 Å². The third-order valence-corrected chi connectivity index (χ3v) is 4.98. The zero-order chi connectivity index (χ0) is 16.4. The van der Waals surface area contributed by atoms with Crippen molar-refractivity contribution in [1.82, 2.24) is 9.88 Å². The first-order valence-corrected chi connectivity index (χ1v) is 8.54. The van der Waals surface area contributed by atoms with Gasteiger partial charge in [0.1, 0.15) is 10.7 Å². The smallest absolute Gasteiger partial charge is 0.308 e. The third-order valence-electron chi connectivity index (χ3n) is 3.85. The lowest BCUT2D eigenvalue weighted by molar-refractivity contribution is -0.143. The molecule has 0 saturated carbocycles. The Labute approximate surface area is 142 Å². The van der Waals surface area contributed by atoms with Gasteiger partial charge >= 0.3 is 5.97 Å². The summed E-state index contributed by atoms with van der Waals surface area (Å²) in [6, 6.07) is 7.31. The lowest BCUT2D eigenvalue weighted by Gasteiger charge is -2.30. The molecule has 1 amide bonds. The predicted octanol–water partition coefficient (Wildman–Crippen LogP) is 3.40. The Balaban J connectivity index is 1.77. The highest BCUT2D eigenvalue weighted by Gasteiger charge is 2.29. The van der Waals surface area contributed by atoms with Gasteiger partial charge in [0.05, 0.1) is 5.92 Å². The molecule has 0 radical (unpaired) electrons. The highest BCUT2D eigenvalue weighted by atomic mass is 35.5. The highest BCUT2D eigenvalue weighted by molar-refractivity contribution is 7.13. The molecule has 1 aromatic heterocycles. The van der Waals surface area contributed by atoms with Gasteiger partial charge in [-0.05, 0) is 25.0 Å². The SMILES string of the molecule is O=C(O)C1CCCN(C(=O)c2csc(-c3cccc(Cl)c3)n2)C1. The second-order valence-corrected chi connectivity index (χ2v) is 6.77. The molecule has 1 atom stereocenters. The third kappa shape index (κ3) is 3.54. The number of hydrogen-bond acceptors (Lipinski definition) is 4. The average Bonchev–Trinajstić information content (AvgIpc) is 3.04. The number of aliphatic carboxylic acids is 1. The van der Waals surface area contributed by atoms with E-state index >= 15 is 0 Å². The van der Waals surface area contributed by atoms with E-state index in [0.717, 1.165) is 10.6 Å². The van der Waals surface area contributed by atoms with Gasteiger partial charge in [0.25, 0.3) is 5.91 Å². The van der Waals surface area contributed by atoms with E-state index in [0.29, 0.717) is 30.1 Å². The molecule has 1 N–H and O–H groups in total. The van der Waals surface area contributed by atoms with Gasteiger partial charge in [-0.2, -0.15) is 0 Å². The van der Waals surface area contributed by atoms with Crippen molar-refractivity contribution in [3.63, 3.8) is 0 Å². The van der Waals surface area contributed by atoms with Crippen molar-refractivity contribution in [1.29, 1.82) is 0 Å². The molecule has 1 saturated heterocycles. The van der Waals surface area contributed by atoms with Gasteiger partial charge in [-0.1, -0.05) is 23.7 Å². The first-order valence-electron chi connectivity index (χ1n) is 7.28. The summed E-state index contributed by atoms with van der Waals surface area (Å²) in [6.45, 7) is 0.824. The number of carbonyl (C=O) groups excluding carboxylic acids is 1. The molecule has 1 aromatic carbocycles. The molecule has 0 bridgehead atoms. The zero-order valence-electron chi connectivity index (χ0n) is 12.2. The van der Waals surface area contributed by atoms with Gasteiger partial charge in [0.15, 0.2) is 0 Å². The minimum atomic E-state index is -0.847. The molecule has 1 fully saturated rings. The summed E-state index contributed by atoms with van der Waals surface area (Å²) in [6.07, 6.45) is 1.32. The quantitative estimate of drug-likeness (QED) is 0.921. The second kappa shape index (κ2) is 6.68. The number of carboxylic acid groups (broad SMARTS) is 1. The van der Waals surface area contributed by atoms with E-state index < -0.39 is 11.9 Å². The number of rotatable bonds is 3. The molecule has 7 heteroatoms. The minimum Gasteiger partial charge on any atom is -0.481 e. The Bertz CT molecular complexity index is 746. The molecular formula is C16H15ClN2O3S. The van der Waals surface area contributed by atoms with E-state index in [1.54, 1.807) is 22.4 Å². The fraction of sp³-hybridized carbons (Fsp3) is 0.312. The van der Waals surface area contributed by atoms with Gasteiger partial charge in [0.2, 0.25) is 0 Å². The van der Waals surface area contributed by atoms with E-state index in [1.807, 2.05) is 12.1 Å². The predicted molar refractivity (Wildman–Crippen MR) is 88.8 cm³/mol.